The summed E-state index contributed by atoms with van der Waals surface area (Å²) in [4.78, 5) is 8.30. The molecule has 3 aromatic rings. The second kappa shape index (κ2) is 8.71. The first-order valence-electron chi connectivity index (χ1n) is 7.18. The molecule has 142 valence electrons. The highest BCUT2D eigenvalue weighted by atomic mass is 35.7. The van der Waals surface area contributed by atoms with Gasteiger partial charge in [-0.25, -0.2) is 17.8 Å². The molecule has 0 aliphatic rings. The lowest BCUT2D eigenvalue weighted by Crippen LogP contribution is -2.01. The number of aromatic nitrogens is 2. The molecule has 0 bridgehead atoms. The first-order chi connectivity index (χ1) is 12.3. The van der Waals surface area contributed by atoms with E-state index in [2.05, 4.69) is 20.6 Å². The average Bonchev–Trinajstić information content (AvgIpc) is 2.56. The van der Waals surface area contributed by atoms with Gasteiger partial charge in [0, 0.05) is 28.1 Å². The highest BCUT2D eigenvalue weighted by molar-refractivity contribution is 8.13. The molecular formula is C16H12Cl3FN4O2S. The molecule has 0 aliphatic carbocycles. The quantitative estimate of drug-likeness (QED) is 0.416. The van der Waals surface area contributed by atoms with Crippen molar-refractivity contribution in [3.05, 3.63) is 65.6 Å². The number of hydrogen-bond donors (Lipinski definition) is 2. The highest BCUT2D eigenvalue weighted by Crippen LogP contribution is 2.23. The van der Waals surface area contributed by atoms with E-state index in [0.717, 1.165) is 0 Å². The van der Waals surface area contributed by atoms with Gasteiger partial charge in [-0.1, -0.05) is 11.6 Å². The third-order valence-corrected chi connectivity index (χ3v) is 4.77. The van der Waals surface area contributed by atoms with Crippen molar-refractivity contribution in [2.75, 3.05) is 10.6 Å². The maximum absolute atomic E-state index is 13.0. The minimum atomic E-state index is -3.79. The summed E-state index contributed by atoms with van der Waals surface area (Å²) in [6.45, 7) is 0. The first kappa shape index (κ1) is 21.2. The lowest BCUT2D eigenvalue weighted by Gasteiger charge is -2.09. The molecule has 1 aromatic heterocycles. The monoisotopic (exact) mass is 448 g/mol. The highest BCUT2D eigenvalue weighted by Gasteiger charge is 2.10. The number of hydrogen-bond acceptors (Lipinski definition) is 6. The predicted octanol–water partition coefficient (Wildman–Crippen LogP) is 5.11. The van der Waals surface area contributed by atoms with Crippen LogP contribution in [0.2, 0.25) is 5.15 Å². The summed E-state index contributed by atoms with van der Waals surface area (Å²) >= 11 is 6.00. The Hall–Kier alpha value is -2.13. The van der Waals surface area contributed by atoms with Crippen molar-refractivity contribution in [1.29, 1.82) is 0 Å². The van der Waals surface area contributed by atoms with E-state index < -0.39 is 9.05 Å². The topological polar surface area (TPSA) is 84.0 Å². The van der Waals surface area contributed by atoms with E-state index in [1.54, 1.807) is 12.1 Å². The molecular weight excluding hydrogens is 438 g/mol. The summed E-state index contributed by atoms with van der Waals surface area (Å²) in [6, 6.07) is 13.0. The number of anilines is 4. The normalized spacial score (nSPS) is 10.8. The molecule has 27 heavy (non-hydrogen) atoms. The summed E-state index contributed by atoms with van der Waals surface area (Å²) in [5, 5.41) is 6.09. The van der Waals surface area contributed by atoms with Gasteiger partial charge in [-0.3, -0.25) is 0 Å². The summed E-state index contributed by atoms with van der Waals surface area (Å²) in [7, 11) is 1.49. The SMILES string of the molecule is Cl.O=S(=O)(Cl)c1ccc(Nc2nc(Cl)cc(Nc3ccc(F)cc3)n2)cc1. The van der Waals surface area contributed by atoms with Crippen LogP contribution in [0, 0.1) is 5.82 Å². The van der Waals surface area contributed by atoms with Crippen molar-refractivity contribution < 1.29 is 12.8 Å². The van der Waals surface area contributed by atoms with Crippen LogP contribution in [0.4, 0.5) is 27.5 Å². The predicted molar refractivity (Wildman–Crippen MR) is 107 cm³/mol. The van der Waals surface area contributed by atoms with Gasteiger partial charge in [0.2, 0.25) is 5.95 Å². The largest absolute Gasteiger partial charge is 0.340 e. The summed E-state index contributed by atoms with van der Waals surface area (Å²) in [5.41, 5.74) is 1.17. The number of nitrogens with one attached hydrogen (secondary N) is 2. The molecule has 2 N–H and O–H groups in total. The molecule has 0 amide bonds. The Balaban J connectivity index is 0.00000261. The van der Waals surface area contributed by atoms with Gasteiger partial charge < -0.3 is 10.6 Å². The Kier molecular flexibility index (Phi) is 6.83. The Labute approximate surface area is 170 Å². The fourth-order valence-electron chi connectivity index (χ4n) is 2.05. The minimum absolute atomic E-state index is 0. The smallest absolute Gasteiger partial charge is 0.261 e. The zero-order valence-corrected chi connectivity index (χ0v) is 16.5. The Bertz CT molecular complexity index is 1030. The van der Waals surface area contributed by atoms with Crippen LogP contribution in [0.25, 0.3) is 0 Å². The van der Waals surface area contributed by atoms with Gasteiger partial charge in [0.05, 0.1) is 4.90 Å². The number of rotatable bonds is 5. The van der Waals surface area contributed by atoms with Gasteiger partial charge in [-0.15, -0.1) is 12.4 Å². The van der Waals surface area contributed by atoms with Crippen molar-refractivity contribution in [3.63, 3.8) is 0 Å². The van der Waals surface area contributed by atoms with Crippen molar-refractivity contribution in [2.24, 2.45) is 0 Å². The van der Waals surface area contributed by atoms with E-state index in [1.807, 2.05) is 0 Å². The second-order valence-electron chi connectivity index (χ2n) is 5.12. The zero-order chi connectivity index (χ0) is 18.7. The standard InChI is InChI=1S/C16H11Cl2FN4O2S.ClH/c17-14-9-15(20-11-3-1-10(19)2-4-11)23-16(22-14)21-12-5-7-13(8-6-12)26(18,24)25;/h1-9H,(H2,20,21,22,23);1H. The molecule has 11 heteroatoms. The maximum Gasteiger partial charge on any atom is 0.261 e. The van der Waals surface area contributed by atoms with E-state index in [0.29, 0.717) is 17.2 Å². The first-order valence-corrected chi connectivity index (χ1v) is 9.87. The lowest BCUT2D eigenvalue weighted by atomic mass is 10.3. The van der Waals surface area contributed by atoms with Crippen molar-refractivity contribution in [2.45, 2.75) is 4.90 Å². The van der Waals surface area contributed by atoms with E-state index >= 15 is 0 Å². The third-order valence-electron chi connectivity index (χ3n) is 3.20. The molecule has 1 heterocycles. The van der Waals surface area contributed by atoms with E-state index in [4.69, 9.17) is 22.3 Å². The van der Waals surface area contributed by atoms with E-state index in [-0.39, 0.29) is 34.2 Å². The lowest BCUT2D eigenvalue weighted by molar-refractivity contribution is 0.609. The van der Waals surface area contributed by atoms with Crippen molar-refractivity contribution >= 4 is 66.9 Å². The molecule has 0 radical (unpaired) electrons. The molecule has 0 atom stereocenters. The van der Waals surface area contributed by atoms with Crippen LogP contribution < -0.4 is 10.6 Å². The molecule has 2 aromatic carbocycles. The molecule has 0 aliphatic heterocycles. The molecule has 6 nitrogen and oxygen atoms in total. The molecule has 0 saturated carbocycles. The van der Waals surface area contributed by atoms with Gasteiger partial charge in [0.15, 0.2) is 0 Å². The van der Waals surface area contributed by atoms with Crippen LogP contribution in [-0.2, 0) is 9.05 Å². The Morgan fingerprint density at radius 1 is 0.889 bits per heavy atom. The van der Waals surface area contributed by atoms with Crippen molar-refractivity contribution in [3.8, 4) is 0 Å². The second-order valence-corrected chi connectivity index (χ2v) is 8.07. The van der Waals surface area contributed by atoms with E-state index in [1.165, 1.54) is 42.5 Å². The average molecular weight is 450 g/mol. The van der Waals surface area contributed by atoms with Crippen LogP contribution >= 0.6 is 34.7 Å². The zero-order valence-electron chi connectivity index (χ0n) is 13.4. The van der Waals surface area contributed by atoms with Gasteiger partial charge in [-0.05, 0) is 48.5 Å². The molecule has 3 rings (SSSR count). The molecule has 0 saturated heterocycles. The summed E-state index contributed by atoms with van der Waals surface area (Å²) in [6.07, 6.45) is 0. The van der Waals surface area contributed by atoms with Crippen molar-refractivity contribution in [1.82, 2.24) is 9.97 Å². The molecule has 0 spiro atoms. The van der Waals surface area contributed by atoms with Gasteiger partial charge >= 0.3 is 0 Å². The Morgan fingerprint density at radius 2 is 1.44 bits per heavy atom. The van der Waals surface area contributed by atoms with Gasteiger partial charge in [-0.2, -0.15) is 4.98 Å². The fraction of sp³-hybridized carbons (Fsp3) is 0. The molecule has 0 unspecified atom stereocenters. The van der Waals surface area contributed by atoms with Gasteiger partial charge in [0.25, 0.3) is 9.05 Å². The van der Waals surface area contributed by atoms with E-state index in [9.17, 15) is 12.8 Å². The molecule has 0 fully saturated rings. The number of benzene rings is 2. The number of nitrogens with zero attached hydrogens (tertiary/aromatic N) is 2. The maximum atomic E-state index is 13.0. The van der Waals surface area contributed by atoms with Gasteiger partial charge in [0.1, 0.15) is 16.8 Å². The fourth-order valence-corrected chi connectivity index (χ4v) is 3.00. The summed E-state index contributed by atoms with van der Waals surface area (Å²) < 4.78 is 35.5. The van der Waals surface area contributed by atoms with Crippen LogP contribution in [-0.4, -0.2) is 18.4 Å². The number of halogens is 4. The van der Waals surface area contributed by atoms with Crippen LogP contribution in [0.15, 0.2) is 59.5 Å². The third kappa shape index (κ3) is 5.93. The van der Waals surface area contributed by atoms with Crippen LogP contribution in [0.1, 0.15) is 0 Å². The van der Waals surface area contributed by atoms with Crippen LogP contribution in [0.5, 0.6) is 0 Å². The minimum Gasteiger partial charge on any atom is -0.340 e. The summed E-state index contributed by atoms with van der Waals surface area (Å²) in [5.74, 6) is 0.253. The van der Waals surface area contributed by atoms with Crippen LogP contribution in [0.3, 0.4) is 0 Å². The Morgan fingerprint density at radius 3 is 2.04 bits per heavy atom.